The van der Waals surface area contributed by atoms with E-state index in [0.717, 1.165) is 21.8 Å². The number of rotatable bonds is 4. The van der Waals surface area contributed by atoms with E-state index >= 15 is 0 Å². The molecule has 21 heavy (non-hydrogen) atoms. The molecule has 3 rings (SSSR count). The first kappa shape index (κ1) is 13.6. The Bertz CT molecular complexity index is 792. The van der Waals surface area contributed by atoms with Crippen LogP contribution in [0.2, 0.25) is 0 Å². The highest BCUT2D eigenvalue weighted by Gasteiger charge is 2.12. The van der Waals surface area contributed by atoms with Crippen molar-refractivity contribution in [3.8, 4) is 0 Å². The second-order valence-electron chi connectivity index (χ2n) is 5.22. The number of fused-ring (bicyclic) bond motifs is 3. The van der Waals surface area contributed by atoms with Gasteiger partial charge in [-0.05, 0) is 26.2 Å². The smallest absolute Gasteiger partial charge is 0.356 e. The third-order valence-corrected chi connectivity index (χ3v) is 3.37. The number of H-pyrrole nitrogens is 1. The van der Waals surface area contributed by atoms with Gasteiger partial charge in [-0.2, -0.15) is 0 Å². The maximum absolute atomic E-state index is 12.0. The summed E-state index contributed by atoms with van der Waals surface area (Å²) >= 11 is 0. The second kappa shape index (κ2) is 5.54. The number of esters is 1. The molecule has 0 atom stereocenters. The molecular weight excluding hydrogens is 266 g/mol. The molecule has 0 amide bonds. The summed E-state index contributed by atoms with van der Waals surface area (Å²) in [5.41, 5.74) is 2.29. The average Bonchev–Trinajstić information content (AvgIpc) is 2.84. The molecule has 5 heteroatoms. The molecule has 0 aliphatic heterocycles. The van der Waals surface area contributed by atoms with Crippen molar-refractivity contribution in [3.05, 3.63) is 42.2 Å². The molecule has 1 N–H and O–H groups in total. The molecular formula is C16H17N3O2. The van der Waals surface area contributed by atoms with Crippen LogP contribution in [0.3, 0.4) is 0 Å². The number of likely N-dealkylation sites (N-methyl/N-ethyl adjacent to an activating group) is 1. The van der Waals surface area contributed by atoms with Gasteiger partial charge in [0.15, 0.2) is 0 Å². The lowest BCUT2D eigenvalue weighted by Crippen LogP contribution is -2.20. The second-order valence-corrected chi connectivity index (χ2v) is 5.22. The number of benzene rings is 1. The van der Waals surface area contributed by atoms with E-state index in [0.29, 0.717) is 18.8 Å². The summed E-state index contributed by atoms with van der Waals surface area (Å²) in [5, 5.41) is 2.07. The molecule has 1 aromatic carbocycles. The lowest BCUT2D eigenvalue weighted by molar-refractivity contribution is 0.0475. The molecule has 0 saturated carbocycles. The van der Waals surface area contributed by atoms with Gasteiger partial charge < -0.3 is 14.6 Å². The van der Waals surface area contributed by atoms with Crippen molar-refractivity contribution in [2.45, 2.75) is 0 Å². The van der Waals surface area contributed by atoms with Gasteiger partial charge in [-0.15, -0.1) is 0 Å². The number of ether oxygens (including phenoxy) is 1. The van der Waals surface area contributed by atoms with E-state index in [1.54, 1.807) is 12.3 Å². The minimum absolute atomic E-state index is 0.339. The van der Waals surface area contributed by atoms with Crippen LogP contribution < -0.4 is 0 Å². The maximum atomic E-state index is 12.0. The number of pyridine rings is 1. The van der Waals surface area contributed by atoms with Crippen molar-refractivity contribution >= 4 is 27.8 Å². The highest BCUT2D eigenvalue weighted by molar-refractivity contribution is 6.08. The number of aromatic amines is 1. The molecule has 0 aliphatic rings. The van der Waals surface area contributed by atoms with Gasteiger partial charge in [-0.1, -0.05) is 18.2 Å². The molecule has 0 fully saturated rings. The van der Waals surface area contributed by atoms with E-state index in [9.17, 15) is 4.79 Å². The Morgan fingerprint density at radius 3 is 2.86 bits per heavy atom. The summed E-state index contributed by atoms with van der Waals surface area (Å²) < 4.78 is 5.22. The van der Waals surface area contributed by atoms with Gasteiger partial charge in [-0.25, -0.2) is 9.78 Å². The molecule has 108 valence electrons. The van der Waals surface area contributed by atoms with Gasteiger partial charge in [0.05, 0.1) is 11.7 Å². The molecule has 3 aromatic rings. The third kappa shape index (κ3) is 2.73. The quantitative estimate of drug-likeness (QED) is 0.747. The number of hydrogen-bond donors (Lipinski definition) is 1. The summed E-state index contributed by atoms with van der Waals surface area (Å²) in [5.74, 6) is -0.385. The molecule has 0 bridgehead atoms. The van der Waals surface area contributed by atoms with Crippen LogP contribution in [0.1, 0.15) is 10.5 Å². The van der Waals surface area contributed by atoms with Gasteiger partial charge >= 0.3 is 5.97 Å². The Morgan fingerprint density at radius 1 is 1.24 bits per heavy atom. The van der Waals surface area contributed by atoms with E-state index in [-0.39, 0.29) is 5.97 Å². The van der Waals surface area contributed by atoms with Gasteiger partial charge in [0, 0.05) is 22.8 Å². The topological polar surface area (TPSA) is 58.2 Å². The first-order chi connectivity index (χ1) is 10.1. The van der Waals surface area contributed by atoms with Gasteiger partial charge in [0.2, 0.25) is 0 Å². The SMILES string of the molecule is CN(C)CCOC(=O)c1cc2c(cn1)[nH]c1ccccc12. The average molecular weight is 283 g/mol. The zero-order chi connectivity index (χ0) is 14.8. The Balaban J connectivity index is 1.89. The highest BCUT2D eigenvalue weighted by atomic mass is 16.5. The number of carbonyl (C=O) groups excluding carboxylic acids is 1. The van der Waals surface area contributed by atoms with Crippen LogP contribution in [0.25, 0.3) is 21.8 Å². The summed E-state index contributed by atoms with van der Waals surface area (Å²) in [6.07, 6.45) is 1.68. The van der Waals surface area contributed by atoms with E-state index in [2.05, 4.69) is 9.97 Å². The Kier molecular flexibility index (Phi) is 3.58. The highest BCUT2D eigenvalue weighted by Crippen LogP contribution is 2.25. The third-order valence-electron chi connectivity index (χ3n) is 3.37. The van der Waals surface area contributed by atoms with E-state index in [1.165, 1.54) is 0 Å². The number of carbonyl (C=O) groups is 1. The minimum Gasteiger partial charge on any atom is -0.460 e. The standard InChI is InChI=1S/C16H17N3O2/c1-19(2)7-8-21-16(20)14-9-12-11-5-3-4-6-13(11)18-15(12)10-17-14/h3-6,9-10,18H,7-8H2,1-2H3. The molecule has 0 spiro atoms. The molecule has 2 aromatic heterocycles. The molecule has 0 aliphatic carbocycles. The van der Waals surface area contributed by atoms with Gasteiger partial charge in [-0.3, -0.25) is 0 Å². The zero-order valence-corrected chi connectivity index (χ0v) is 12.1. The van der Waals surface area contributed by atoms with Crippen molar-refractivity contribution in [1.29, 1.82) is 0 Å². The molecule has 5 nitrogen and oxygen atoms in total. The molecule has 2 heterocycles. The lowest BCUT2D eigenvalue weighted by Gasteiger charge is -2.09. The first-order valence-electron chi connectivity index (χ1n) is 6.83. The normalized spacial score (nSPS) is 11.4. The van der Waals surface area contributed by atoms with Crippen molar-refractivity contribution in [2.24, 2.45) is 0 Å². The van der Waals surface area contributed by atoms with Crippen LogP contribution in [0.4, 0.5) is 0 Å². The fourth-order valence-corrected chi connectivity index (χ4v) is 2.26. The maximum Gasteiger partial charge on any atom is 0.356 e. The van der Waals surface area contributed by atoms with E-state index in [1.807, 2.05) is 43.3 Å². The Labute approximate surface area is 122 Å². The summed E-state index contributed by atoms with van der Waals surface area (Å²) in [7, 11) is 3.87. The number of hydrogen-bond acceptors (Lipinski definition) is 4. The number of para-hydroxylation sites is 1. The lowest BCUT2D eigenvalue weighted by atomic mass is 10.1. The summed E-state index contributed by atoms with van der Waals surface area (Å²) in [4.78, 5) is 21.4. The number of nitrogens with zero attached hydrogens (tertiary/aromatic N) is 2. The minimum atomic E-state index is -0.385. The predicted octanol–water partition coefficient (Wildman–Crippen LogP) is 2.43. The van der Waals surface area contributed by atoms with E-state index in [4.69, 9.17) is 4.74 Å². The van der Waals surface area contributed by atoms with Crippen LogP contribution in [-0.2, 0) is 4.74 Å². The fourth-order valence-electron chi connectivity index (χ4n) is 2.26. The van der Waals surface area contributed by atoms with E-state index < -0.39 is 0 Å². The van der Waals surface area contributed by atoms with Gasteiger partial charge in [0.1, 0.15) is 12.3 Å². The number of aromatic nitrogens is 2. The van der Waals surface area contributed by atoms with Crippen molar-refractivity contribution in [1.82, 2.24) is 14.9 Å². The van der Waals surface area contributed by atoms with Crippen molar-refractivity contribution < 1.29 is 9.53 Å². The van der Waals surface area contributed by atoms with Gasteiger partial charge in [0.25, 0.3) is 0 Å². The van der Waals surface area contributed by atoms with Crippen LogP contribution >= 0.6 is 0 Å². The number of nitrogens with one attached hydrogen (secondary N) is 1. The van der Waals surface area contributed by atoms with Crippen molar-refractivity contribution in [2.75, 3.05) is 27.2 Å². The summed E-state index contributed by atoms with van der Waals surface area (Å²) in [6.45, 7) is 1.06. The van der Waals surface area contributed by atoms with Crippen LogP contribution in [0.5, 0.6) is 0 Å². The van der Waals surface area contributed by atoms with Crippen LogP contribution in [-0.4, -0.2) is 48.1 Å². The van der Waals surface area contributed by atoms with Crippen LogP contribution in [0, 0.1) is 0 Å². The van der Waals surface area contributed by atoms with Crippen LogP contribution in [0.15, 0.2) is 36.5 Å². The molecule has 0 radical (unpaired) electrons. The zero-order valence-electron chi connectivity index (χ0n) is 12.1. The first-order valence-corrected chi connectivity index (χ1v) is 6.83. The molecule has 0 saturated heterocycles. The monoisotopic (exact) mass is 283 g/mol. The molecule has 0 unspecified atom stereocenters. The summed E-state index contributed by atoms with van der Waals surface area (Å²) in [6, 6.07) is 9.76. The Hall–Kier alpha value is -2.40. The van der Waals surface area contributed by atoms with Crippen molar-refractivity contribution in [3.63, 3.8) is 0 Å². The predicted molar refractivity (Wildman–Crippen MR) is 82.4 cm³/mol. The largest absolute Gasteiger partial charge is 0.460 e. The fraction of sp³-hybridized carbons (Fsp3) is 0.250. The Morgan fingerprint density at radius 2 is 2.05 bits per heavy atom.